The molecule has 0 amide bonds. The summed E-state index contributed by atoms with van der Waals surface area (Å²) >= 11 is 1.80. The minimum absolute atomic E-state index is 0.354. The lowest BCUT2D eigenvalue weighted by molar-refractivity contribution is 0.309. The fourth-order valence-electron chi connectivity index (χ4n) is 1.98. The molecule has 1 aromatic carbocycles. The second-order valence-electron chi connectivity index (χ2n) is 4.69. The van der Waals surface area contributed by atoms with Crippen LogP contribution in [0.4, 0.5) is 0 Å². The van der Waals surface area contributed by atoms with Gasteiger partial charge in [-0.1, -0.05) is 13.3 Å². The summed E-state index contributed by atoms with van der Waals surface area (Å²) in [6.45, 7) is 3.98. The van der Waals surface area contributed by atoms with Crippen LogP contribution in [0.3, 0.4) is 0 Å². The molecule has 20 heavy (non-hydrogen) atoms. The molecule has 1 aromatic rings. The van der Waals surface area contributed by atoms with Gasteiger partial charge in [0.2, 0.25) is 10.0 Å². The normalized spacial score (nSPS) is 17.1. The molecule has 0 aliphatic carbocycles. The van der Waals surface area contributed by atoms with Crippen molar-refractivity contribution in [1.29, 1.82) is 0 Å². The summed E-state index contributed by atoms with van der Waals surface area (Å²) in [6.07, 6.45) is 2.09. The lowest BCUT2D eigenvalue weighted by Gasteiger charge is -2.25. The number of hydrogen-bond acceptors (Lipinski definition) is 4. The smallest absolute Gasteiger partial charge is 0.243 e. The number of hydrogen-bond donors (Lipinski definition) is 0. The fourth-order valence-corrected chi connectivity index (χ4v) is 4.55. The zero-order valence-corrected chi connectivity index (χ0v) is 13.4. The summed E-state index contributed by atoms with van der Waals surface area (Å²) in [6, 6.07) is 6.75. The van der Waals surface area contributed by atoms with Gasteiger partial charge in [-0.15, -0.1) is 0 Å². The van der Waals surface area contributed by atoms with Crippen LogP contribution in [0.15, 0.2) is 29.2 Å². The molecule has 6 heteroatoms. The van der Waals surface area contributed by atoms with E-state index >= 15 is 0 Å². The molecule has 0 atom stereocenters. The van der Waals surface area contributed by atoms with Gasteiger partial charge >= 0.3 is 0 Å². The monoisotopic (exact) mass is 315 g/mol. The summed E-state index contributed by atoms with van der Waals surface area (Å²) in [5.74, 6) is 2.47. The van der Waals surface area contributed by atoms with Crippen LogP contribution >= 0.6 is 11.8 Å². The van der Waals surface area contributed by atoms with E-state index in [1.165, 1.54) is 0 Å². The molecule has 1 aliphatic rings. The quantitative estimate of drug-likeness (QED) is 0.757. The van der Waals surface area contributed by atoms with Crippen LogP contribution in [0.5, 0.6) is 5.75 Å². The van der Waals surface area contributed by atoms with Gasteiger partial charge in [0.1, 0.15) is 5.75 Å². The standard InChI is InChI=1S/C14H21NO3S2/c1-2-3-10-18-13-4-6-14(7-5-13)20(16,17)15-8-11-19-12-9-15/h4-7H,2-3,8-12H2,1H3. The van der Waals surface area contributed by atoms with Crippen LogP contribution in [-0.4, -0.2) is 43.9 Å². The molecule has 112 valence electrons. The second kappa shape index (κ2) is 7.33. The van der Waals surface area contributed by atoms with Crippen molar-refractivity contribution >= 4 is 21.8 Å². The summed E-state index contributed by atoms with van der Waals surface area (Å²) in [4.78, 5) is 0.354. The van der Waals surface area contributed by atoms with E-state index in [0.717, 1.165) is 30.1 Å². The highest BCUT2D eigenvalue weighted by molar-refractivity contribution is 7.99. The van der Waals surface area contributed by atoms with Crippen molar-refractivity contribution in [2.24, 2.45) is 0 Å². The first-order chi connectivity index (χ1) is 9.64. The van der Waals surface area contributed by atoms with Gasteiger partial charge in [0.15, 0.2) is 0 Å². The predicted molar refractivity (Wildman–Crippen MR) is 82.9 cm³/mol. The van der Waals surface area contributed by atoms with Crippen LogP contribution in [0.2, 0.25) is 0 Å². The third kappa shape index (κ3) is 3.90. The summed E-state index contributed by atoms with van der Waals surface area (Å²) in [5, 5.41) is 0. The van der Waals surface area contributed by atoms with E-state index in [9.17, 15) is 8.42 Å². The van der Waals surface area contributed by atoms with Crippen LogP contribution in [0, 0.1) is 0 Å². The van der Waals surface area contributed by atoms with Gasteiger partial charge < -0.3 is 4.74 Å². The Hall–Kier alpha value is -0.720. The van der Waals surface area contributed by atoms with Gasteiger partial charge in [0, 0.05) is 24.6 Å². The van der Waals surface area contributed by atoms with Gasteiger partial charge in [-0.05, 0) is 30.7 Å². The molecular formula is C14H21NO3S2. The van der Waals surface area contributed by atoms with Crippen molar-refractivity contribution in [2.45, 2.75) is 24.7 Å². The molecule has 1 aliphatic heterocycles. The van der Waals surface area contributed by atoms with Gasteiger partial charge in [-0.3, -0.25) is 0 Å². The lowest BCUT2D eigenvalue weighted by atomic mass is 10.3. The average molecular weight is 315 g/mol. The number of nitrogens with zero attached hydrogens (tertiary/aromatic N) is 1. The fraction of sp³-hybridized carbons (Fsp3) is 0.571. The Bertz CT molecular complexity index is 508. The molecule has 1 heterocycles. The maximum atomic E-state index is 12.4. The summed E-state index contributed by atoms with van der Waals surface area (Å²) < 4.78 is 32.0. The van der Waals surface area contributed by atoms with Crippen molar-refractivity contribution in [3.05, 3.63) is 24.3 Å². The molecule has 0 spiro atoms. The maximum absolute atomic E-state index is 12.4. The van der Waals surface area contributed by atoms with Crippen molar-refractivity contribution in [2.75, 3.05) is 31.2 Å². The Morgan fingerprint density at radius 2 is 1.85 bits per heavy atom. The van der Waals surface area contributed by atoms with Gasteiger partial charge in [0.05, 0.1) is 11.5 Å². The number of benzene rings is 1. The molecule has 4 nitrogen and oxygen atoms in total. The highest BCUT2D eigenvalue weighted by atomic mass is 32.2. The number of rotatable bonds is 6. The van der Waals surface area contributed by atoms with E-state index in [1.54, 1.807) is 40.3 Å². The second-order valence-corrected chi connectivity index (χ2v) is 7.85. The highest BCUT2D eigenvalue weighted by Crippen LogP contribution is 2.22. The third-order valence-electron chi connectivity index (χ3n) is 3.20. The van der Waals surface area contributed by atoms with Crippen molar-refractivity contribution in [3.8, 4) is 5.75 Å². The SMILES string of the molecule is CCCCOc1ccc(S(=O)(=O)N2CCSCC2)cc1. The van der Waals surface area contributed by atoms with E-state index in [-0.39, 0.29) is 0 Å². The van der Waals surface area contributed by atoms with Crippen molar-refractivity contribution in [1.82, 2.24) is 4.31 Å². The van der Waals surface area contributed by atoms with Crippen LogP contribution in [0.25, 0.3) is 0 Å². The first-order valence-electron chi connectivity index (χ1n) is 6.95. The molecular weight excluding hydrogens is 294 g/mol. The van der Waals surface area contributed by atoms with Crippen molar-refractivity contribution in [3.63, 3.8) is 0 Å². The van der Waals surface area contributed by atoms with Crippen LogP contribution < -0.4 is 4.74 Å². The van der Waals surface area contributed by atoms with E-state index < -0.39 is 10.0 Å². The number of ether oxygens (including phenoxy) is 1. The molecule has 1 fully saturated rings. The minimum Gasteiger partial charge on any atom is -0.494 e. The minimum atomic E-state index is -3.34. The third-order valence-corrected chi connectivity index (χ3v) is 6.05. The topological polar surface area (TPSA) is 46.6 Å². The van der Waals surface area contributed by atoms with Crippen LogP contribution in [0.1, 0.15) is 19.8 Å². The molecule has 1 saturated heterocycles. The number of unbranched alkanes of at least 4 members (excludes halogenated alkanes) is 1. The molecule has 0 bridgehead atoms. The molecule has 0 saturated carbocycles. The van der Waals surface area contributed by atoms with E-state index in [0.29, 0.717) is 24.6 Å². The van der Waals surface area contributed by atoms with E-state index in [4.69, 9.17) is 4.74 Å². The van der Waals surface area contributed by atoms with Gasteiger partial charge in [0.25, 0.3) is 0 Å². The lowest BCUT2D eigenvalue weighted by Crippen LogP contribution is -2.37. The Balaban J connectivity index is 2.04. The number of thioether (sulfide) groups is 1. The molecule has 0 aromatic heterocycles. The Labute approximate surface area is 125 Å². The predicted octanol–water partition coefficient (Wildman–Crippen LogP) is 2.60. The zero-order valence-electron chi connectivity index (χ0n) is 11.7. The average Bonchev–Trinajstić information content (AvgIpc) is 2.49. The van der Waals surface area contributed by atoms with Crippen molar-refractivity contribution < 1.29 is 13.2 Å². The van der Waals surface area contributed by atoms with Gasteiger partial charge in [-0.25, -0.2) is 8.42 Å². The van der Waals surface area contributed by atoms with E-state index in [1.807, 2.05) is 0 Å². The largest absolute Gasteiger partial charge is 0.494 e. The molecule has 0 unspecified atom stereocenters. The van der Waals surface area contributed by atoms with Gasteiger partial charge in [-0.2, -0.15) is 16.1 Å². The van der Waals surface area contributed by atoms with E-state index in [2.05, 4.69) is 6.92 Å². The molecule has 0 N–H and O–H groups in total. The highest BCUT2D eigenvalue weighted by Gasteiger charge is 2.25. The molecule has 2 rings (SSSR count). The maximum Gasteiger partial charge on any atom is 0.243 e. The first kappa shape index (κ1) is 15.7. The zero-order chi connectivity index (χ0) is 14.4. The first-order valence-corrected chi connectivity index (χ1v) is 9.55. The summed E-state index contributed by atoms with van der Waals surface area (Å²) in [5.41, 5.74) is 0. The Morgan fingerprint density at radius 3 is 2.45 bits per heavy atom. The molecule has 0 radical (unpaired) electrons. The summed E-state index contributed by atoms with van der Waals surface area (Å²) in [7, 11) is -3.34. The Morgan fingerprint density at radius 1 is 1.20 bits per heavy atom. The number of sulfonamides is 1. The van der Waals surface area contributed by atoms with Crippen LogP contribution in [-0.2, 0) is 10.0 Å². The Kier molecular flexibility index (Phi) is 5.74.